The molecule has 1 aromatic carbocycles. The van der Waals surface area contributed by atoms with Gasteiger partial charge in [0.05, 0.1) is 6.54 Å². The van der Waals surface area contributed by atoms with Crippen LogP contribution in [0.5, 0.6) is 0 Å². The van der Waals surface area contributed by atoms with Crippen LogP contribution in [0.25, 0.3) is 0 Å². The van der Waals surface area contributed by atoms with E-state index in [0.29, 0.717) is 12.6 Å². The molecule has 1 amide bonds. The van der Waals surface area contributed by atoms with Crippen molar-refractivity contribution in [3.05, 3.63) is 57.1 Å². The van der Waals surface area contributed by atoms with Gasteiger partial charge < -0.3 is 9.32 Å². The molecule has 1 fully saturated rings. The third-order valence-electron chi connectivity index (χ3n) is 3.46. The van der Waals surface area contributed by atoms with Gasteiger partial charge in [0.1, 0.15) is 11.5 Å². The Kier molecular flexibility index (Phi) is 3.83. The summed E-state index contributed by atoms with van der Waals surface area (Å²) in [5.74, 6) is 1.84. The van der Waals surface area contributed by atoms with Crippen LogP contribution in [0, 0.1) is 10.5 Å². The molecular formula is C16H16INO2. The Morgan fingerprint density at radius 1 is 1.25 bits per heavy atom. The zero-order chi connectivity index (χ0) is 14.1. The number of aryl methyl sites for hydroxylation is 1. The summed E-state index contributed by atoms with van der Waals surface area (Å²) in [6.45, 7) is 2.48. The lowest BCUT2D eigenvalue weighted by molar-refractivity contribution is 0.0717. The van der Waals surface area contributed by atoms with Crippen LogP contribution >= 0.6 is 22.6 Å². The molecule has 0 spiro atoms. The fourth-order valence-corrected chi connectivity index (χ4v) is 2.61. The summed E-state index contributed by atoms with van der Waals surface area (Å²) < 4.78 is 6.74. The van der Waals surface area contributed by atoms with E-state index in [-0.39, 0.29) is 5.91 Å². The number of amides is 1. The van der Waals surface area contributed by atoms with Crippen LogP contribution in [0.4, 0.5) is 0 Å². The standard InChI is InChI=1S/C16H16INO2/c1-11-2-9-15(20-11)10-18(14-7-8-14)16(19)12-3-5-13(17)6-4-12/h2-6,9,14H,7-8,10H2,1H3. The molecule has 0 N–H and O–H groups in total. The van der Waals surface area contributed by atoms with Gasteiger partial charge in [-0.1, -0.05) is 0 Å². The lowest BCUT2D eigenvalue weighted by atomic mass is 10.2. The minimum absolute atomic E-state index is 0.0953. The summed E-state index contributed by atoms with van der Waals surface area (Å²) in [4.78, 5) is 14.6. The van der Waals surface area contributed by atoms with Crippen LogP contribution in [0.3, 0.4) is 0 Å². The van der Waals surface area contributed by atoms with Gasteiger partial charge in [0.2, 0.25) is 0 Å². The largest absolute Gasteiger partial charge is 0.464 e. The second kappa shape index (κ2) is 5.60. The van der Waals surface area contributed by atoms with Crippen LogP contribution in [-0.4, -0.2) is 16.8 Å². The molecule has 0 aliphatic heterocycles. The summed E-state index contributed by atoms with van der Waals surface area (Å²) >= 11 is 2.24. The second-order valence-corrected chi connectivity index (χ2v) is 6.43. The minimum atomic E-state index is 0.0953. The van der Waals surface area contributed by atoms with Gasteiger partial charge in [0.25, 0.3) is 5.91 Å². The average molecular weight is 381 g/mol. The van der Waals surface area contributed by atoms with Crippen molar-refractivity contribution in [3.8, 4) is 0 Å². The highest BCUT2D eigenvalue weighted by Gasteiger charge is 2.33. The van der Waals surface area contributed by atoms with E-state index in [9.17, 15) is 4.79 Å². The van der Waals surface area contributed by atoms with E-state index in [4.69, 9.17) is 4.42 Å². The zero-order valence-corrected chi connectivity index (χ0v) is 13.5. The first-order valence-corrected chi connectivity index (χ1v) is 7.83. The van der Waals surface area contributed by atoms with Gasteiger partial charge in [-0.05, 0) is 78.8 Å². The van der Waals surface area contributed by atoms with Gasteiger partial charge in [0.15, 0.2) is 0 Å². The Bertz CT molecular complexity index is 614. The van der Waals surface area contributed by atoms with Crippen molar-refractivity contribution < 1.29 is 9.21 Å². The molecule has 3 rings (SSSR count). The first-order chi connectivity index (χ1) is 9.63. The maximum atomic E-state index is 12.6. The molecule has 20 heavy (non-hydrogen) atoms. The summed E-state index contributed by atoms with van der Waals surface area (Å²) in [6, 6.07) is 12.0. The molecule has 0 unspecified atom stereocenters. The molecule has 0 atom stereocenters. The number of benzene rings is 1. The zero-order valence-electron chi connectivity index (χ0n) is 11.3. The van der Waals surface area contributed by atoms with E-state index in [2.05, 4.69) is 22.6 Å². The van der Waals surface area contributed by atoms with Crippen molar-refractivity contribution in [2.45, 2.75) is 32.4 Å². The van der Waals surface area contributed by atoms with Gasteiger partial charge in [0, 0.05) is 15.2 Å². The van der Waals surface area contributed by atoms with Crippen molar-refractivity contribution in [2.75, 3.05) is 0 Å². The number of halogens is 1. The highest BCUT2D eigenvalue weighted by molar-refractivity contribution is 14.1. The molecule has 0 bridgehead atoms. The monoisotopic (exact) mass is 381 g/mol. The van der Waals surface area contributed by atoms with Crippen molar-refractivity contribution in [3.63, 3.8) is 0 Å². The molecule has 4 heteroatoms. The van der Waals surface area contributed by atoms with Gasteiger partial charge in [-0.2, -0.15) is 0 Å². The topological polar surface area (TPSA) is 33.5 Å². The molecule has 104 valence electrons. The quantitative estimate of drug-likeness (QED) is 0.751. The molecule has 1 aliphatic carbocycles. The first-order valence-electron chi connectivity index (χ1n) is 6.75. The Morgan fingerprint density at radius 3 is 2.50 bits per heavy atom. The van der Waals surface area contributed by atoms with E-state index in [1.54, 1.807) is 0 Å². The number of nitrogens with zero attached hydrogens (tertiary/aromatic N) is 1. The number of furan rings is 1. The highest BCUT2D eigenvalue weighted by Crippen LogP contribution is 2.30. The summed E-state index contributed by atoms with van der Waals surface area (Å²) in [5, 5.41) is 0. The molecule has 1 saturated carbocycles. The lowest BCUT2D eigenvalue weighted by Gasteiger charge is -2.21. The van der Waals surface area contributed by atoms with Crippen LogP contribution in [0.1, 0.15) is 34.7 Å². The Morgan fingerprint density at radius 2 is 1.95 bits per heavy atom. The van der Waals surface area contributed by atoms with Gasteiger partial charge >= 0.3 is 0 Å². The van der Waals surface area contributed by atoms with Gasteiger partial charge in [-0.3, -0.25) is 4.79 Å². The number of carbonyl (C=O) groups is 1. The Labute approximate surface area is 132 Å². The van der Waals surface area contributed by atoms with E-state index in [0.717, 1.165) is 33.5 Å². The molecule has 3 nitrogen and oxygen atoms in total. The highest BCUT2D eigenvalue weighted by atomic mass is 127. The lowest BCUT2D eigenvalue weighted by Crippen LogP contribution is -2.32. The number of hydrogen-bond acceptors (Lipinski definition) is 2. The number of hydrogen-bond donors (Lipinski definition) is 0. The normalized spacial score (nSPS) is 14.3. The average Bonchev–Trinajstić information content (AvgIpc) is 3.19. The summed E-state index contributed by atoms with van der Waals surface area (Å²) in [5.41, 5.74) is 0.751. The molecular weight excluding hydrogens is 365 g/mol. The molecule has 1 heterocycles. The number of carbonyl (C=O) groups excluding carboxylic acids is 1. The van der Waals surface area contributed by atoms with Crippen LogP contribution in [-0.2, 0) is 6.54 Å². The van der Waals surface area contributed by atoms with Crippen LogP contribution < -0.4 is 0 Å². The Hall–Kier alpha value is -1.30. The fraction of sp³-hybridized carbons (Fsp3) is 0.312. The van der Waals surface area contributed by atoms with E-state index >= 15 is 0 Å². The molecule has 1 aromatic heterocycles. The molecule has 0 radical (unpaired) electrons. The maximum Gasteiger partial charge on any atom is 0.254 e. The van der Waals surface area contributed by atoms with Crippen LogP contribution in [0.15, 0.2) is 40.8 Å². The van der Waals surface area contributed by atoms with Crippen LogP contribution in [0.2, 0.25) is 0 Å². The van der Waals surface area contributed by atoms with Gasteiger partial charge in [-0.15, -0.1) is 0 Å². The van der Waals surface area contributed by atoms with Crippen molar-refractivity contribution >= 4 is 28.5 Å². The summed E-state index contributed by atoms with van der Waals surface area (Å²) in [6.07, 6.45) is 2.19. The SMILES string of the molecule is Cc1ccc(CN(C(=O)c2ccc(I)cc2)C2CC2)o1. The smallest absolute Gasteiger partial charge is 0.254 e. The van der Waals surface area contributed by atoms with E-state index in [1.807, 2.05) is 48.2 Å². The molecule has 2 aromatic rings. The Balaban J connectivity index is 1.79. The van der Waals surface area contributed by atoms with E-state index < -0.39 is 0 Å². The third kappa shape index (κ3) is 3.06. The number of rotatable bonds is 4. The second-order valence-electron chi connectivity index (χ2n) is 5.18. The third-order valence-corrected chi connectivity index (χ3v) is 4.18. The predicted octanol–water partition coefficient (Wildman–Crippen LogP) is 4.00. The molecule has 0 saturated heterocycles. The van der Waals surface area contributed by atoms with Gasteiger partial charge in [-0.25, -0.2) is 0 Å². The van der Waals surface area contributed by atoms with Crippen molar-refractivity contribution in [1.29, 1.82) is 0 Å². The first kappa shape index (κ1) is 13.7. The predicted molar refractivity (Wildman–Crippen MR) is 85.5 cm³/mol. The molecule has 1 aliphatic rings. The fourth-order valence-electron chi connectivity index (χ4n) is 2.25. The van der Waals surface area contributed by atoms with Crippen molar-refractivity contribution in [1.82, 2.24) is 4.90 Å². The minimum Gasteiger partial charge on any atom is -0.464 e. The van der Waals surface area contributed by atoms with E-state index in [1.165, 1.54) is 0 Å². The van der Waals surface area contributed by atoms with Crippen molar-refractivity contribution in [2.24, 2.45) is 0 Å². The maximum absolute atomic E-state index is 12.6. The summed E-state index contributed by atoms with van der Waals surface area (Å²) in [7, 11) is 0.